The molecule has 0 aliphatic carbocycles. The molecule has 0 atom stereocenters. The van der Waals surface area contributed by atoms with E-state index in [2.05, 4.69) is 95.7 Å². The summed E-state index contributed by atoms with van der Waals surface area (Å²) >= 11 is 0. The Morgan fingerprint density at radius 2 is 1.10 bits per heavy atom. The molecule has 3 aromatic rings. The fourth-order valence-corrected chi connectivity index (χ4v) is 5.14. The molecule has 0 aliphatic heterocycles. The highest BCUT2D eigenvalue weighted by molar-refractivity contribution is 7.79. The first-order valence-electron chi connectivity index (χ1n) is 9.05. The van der Waals surface area contributed by atoms with Gasteiger partial charge in [-0.2, -0.15) is 0 Å². The van der Waals surface area contributed by atoms with Gasteiger partial charge in [-0.3, -0.25) is 4.90 Å². The van der Waals surface area contributed by atoms with Gasteiger partial charge in [0.1, 0.15) is 22.6 Å². The van der Waals surface area contributed by atoms with E-state index in [9.17, 15) is 14.7 Å². The molecule has 0 heterocycles. The van der Waals surface area contributed by atoms with Crippen molar-refractivity contribution in [1.29, 1.82) is 0 Å². The van der Waals surface area contributed by atoms with Crippen LogP contribution in [0.2, 0.25) is 0 Å². The van der Waals surface area contributed by atoms with Crippen LogP contribution in [0.4, 0.5) is 0 Å². The first kappa shape index (κ1) is 22.3. The second kappa shape index (κ2) is 11.7. The van der Waals surface area contributed by atoms with E-state index in [-0.39, 0.29) is 6.73 Å². The molecular formula is C23H24NO4P. The van der Waals surface area contributed by atoms with E-state index < -0.39 is 19.9 Å². The zero-order valence-electron chi connectivity index (χ0n) is 16.4. The van der Waals surface area contributed by atoms with Crippen molar-refractivity contribution < 1.29 is 19.4 Å². The van der Waals surface area contributed by atoms with Crippen LogP contribution in [-0.2, 0) is 14.3 Å². The van der Waals surface area contributed by atoms with Crippen molar-refractivity contribution >= 4 is 35.8 Å². The summed E-state index contributed by atoms with van der Waals surface area (Å²) in [5.74, 6) is -3.16. The van der Waals surface area contributed by atoms with E-state index in [4.69, 9.17) is 0 Å². The Hall–Kier alpha value is -3.01. The lowest BCUT2D eigenvalue weighted by molar-refractivity contribution is -0.304. The summed E-state index contributed by atoms with van der Waals surface area (Å²) in [6, 6.07) is 32.5. The van der Waals surface area contributed by atoms with E-state index in [1.54, 1.807) is 14.1 Å². The molecule has 6 heteroatoms. The normalized spacial score (nSPS) is 10.2. The van der Waals surface area contributed by atoms with Crippen molar-refractivity contribution in [2.75, 3.05) is 20.8 Å². The second-order valence-corrected chi connectivity index (χ2v) is 8.88. The number of hydrogen-bond donors (Lipinski definition) is 0. The Morgan fingerprint density at radius 3 is 1.38 bits per heavy atom. The number of hydrogen-bond acceptors (Lipinski definition) is 5. The minimum absolute atomic E-state index is 0.0488. The number of rotatable bonds is 5. The van der Waals surface area contributed by atoms with Crippen LogP contribution in [0.25, 0.3) is 0 Å². The Kier molecular flexibility index (Phi) is 9.03. The van der Waals surface area contributed by atoms with Crippen molar-refractivity contribution in [3.63, 3.8) is 0 Å². The summed E-state index contributed by atoms with van der Waals surface area (Å²) in [7, 11) is 2.41. The van der Waals surface area contributed by atoms with Crippen molar-refractivity contribution in [2.45, 2.75) is 0 Å². The summed E-state index contributed by atoms with van der Waals surface area (Å²) in [5.41, 5.74) is 0. The van der Waals surface area contributed by atoms with E-state index >= 15 is 0 Å². The fraction of sp³-hybridized carbons (Fsp3) is 0.130. The zero-order valence-corrected chi connectivity index (χ0v) is 17.4. The molecule has 0 unspecified atom stereocenters. The van der Waals surface area contributed by atoms with Gasteiger partial charge in [0.05, 0.1) is 7.92 Å². The number of benzene rings is 3. The molecule has 0 aromatic heterocycles. The lowest BCUT2D eigenvalue weighted by Crippen LogP contribution is -2.35. The van der Waals surface area contributed by atoms with Gasteiger partial charge in [-0.05, 0) is 50.5 Å². The predicted octanol–water partition coefficient (Wildman–Crippen LogP) is 0.976. The van der Waals surface area contributed by atoms with Gasteiger partial charge in [0.15, 0.2) is 5.97 Å². The van der Waals surface area contributed by atoms with Crippen molar-refractivity contribution in [2.24, 2.45) is 0 Å². The number of nitrogens with zero attached hydrogens (tertiary/aromatic N) is 1. The van der Waals surface area contributed by atoms with E-state index in [0.29, 0.717) is 0 Å². The van der Waals surface area contributed by atoms with Crippen LogP contribution < -0.4 is 21.0 Å². The quantitative estimate of drug-likeness (QED) is 0.272. The van der Waals surface area contributed by atoms with E-state index in [1.165, 1.54) is 20.8 Å². The number of carboxylic acid groups (broad SMARTS) is 1. The molecule has 29 heavy (non-hydrogen) atoms. The lowest BCUT2D eigenvalue weighted by Gasteiger charge is -2.10. The lowest BCUT2D eigenvalue weighted by atomic mass is 10.4. The number of carbonyl (C=O) groups is 2. The molecular weight excluding hydrogens is 385 g/mol. The highest BCUT2D eigenvalue weighted by Crippen LogP contribution is 2.32. The first-order valence-corrected chi connectivity index (χ1v) is 10.5. The molecule has 0 saturated heterocycles. The molecule has 0 amide bonds. The molecule has 0 aliphatic rings. The zero-order chi connectivity index (χ0) is 21.1. The number of aliphatic carboxylic acids is 1. The number of esters is 1. The Balaban J connectivity index is 0.000000257. The van der Waals surface area contributed by atoms with Crippen LogP contribution in [-0.4, -0.2) is 37.7 Å². The van der Waals surface area contributed by atoms with Crippen LogP contribution in [0.1, 0.15) is 0 Å². The van der Waals surface area contributed by atoms with Crippen molar-refractivity contribution in [1.82, 2.24) is 4.90 Å². The van der Waals surface area contributed by atoms with Crippen LogP contribution in [0.15, 0.2) is 91.0 Å². The van der Waals surface area contributed by atoms with Crippen molar-refractivity contribution in [3.8, 4) is 0 Å². The predicted molar refractivity (Wildman–Crippen MR) is 116 cm³/mol. The molecule has 0 N–H and O–H groups in total. The maximum Gasteiger partial charge on any atom is 0.355 e. The molecule has 0 fully saturated rings. The van der Waals surface area contributed by atoms with Gasteiger partial charge < -0.3 is 14.6 Å². The minimum Gasteiger partial charge on any atom is -0.539 e. The number of carbonyl (C=O) groups excluding carboxylic acids is 2. The molecule has 5 nitrogen and oxygen atoms in total. The van der Waals surface area contributed by atoms with Gasteiger partial charge in [-0.15, -0.1) is 0 Å². The second-order valence-electron chi connectivity index (χ2n) is 6.40. The first-order chi connectivity index (χ1) is 14.0. The van der Waals surface area contributed by atoms with Crippen LogP contribution in [0, 0.1) is 0 Å². The highest BCUT2D eigenvalue weighted by atomic mass is 31.1. The summed E-state index contributed by atoms with van der Waals surface area (Å²) in [5, 5.41) is 14.0. The summed E-state index contributed by atoms with van der Waals surface area (Å²) in [6.45, 7) is -0.0488. The third kappa shape index (κ3) is 7.49. The largest absolute Gasteiger partial charge is 0.539 e. The van der Waals surface area contributed by atoms with Crippen LogP contribution >= 0.6 is 7.92 Å². The molecule has 3 rings (SSSR count). The molecule has 0 bridgehead atoms. The van der Waals surface area contributed by atoms with Crippen LogP contribution in [0.5, 0.6) is 0 Å². The van der Waals surface area contributed by atoms with Gasteiger partial charge in [-0.1, -0.05) is 54.6 Å². The number of carboxylic acids is 1. The van der Waals surface area contributed by atoms with E-state index in [0.717, 1.165) is 0 Å². The standard InChI is InChI=1S/C18H15P.C5H9NO4/c1-4-10-16(11-5-1)19(17-12-6-2-7-13-17)18-14-8-3-9-15-18;1-6(2)3-10-5(9)4(7)8/h1-15H;3H2,1-2H3,(H,7,8). The maximum atomic E-state index is 10.1. The molecule has 0 saturated carbocycles. The molecule has 150 valence electrons. The average Bonchev–Trinajstić information content (AvgIpc) is 2.75. The molecule has 3 aromatic carbocycles. The Bertz CT molecular complexity index is 793. The maximum absolute atomic E-state index is 10.1. The summed E-state index contributed by atoms with van der Waals surface area (Å²) in [6.07, 6.45) is 0. The minimum atomic E-state index is -1.82. The average molecular weight is 409 g/mol. The van der Waals surface area contributed by atoms with Crippen LogP contribution in [0.3, 0.4) is 0 Å². The smallest absolute Gasteiger partial charge is 0.355 e. The third-order valence-corrected chi connectivity index (χ3v) is 6.54. The third-order valence-electron chi connectivity index (χ3n) is 3.81. The fourth-order valence-electron chi connectivity index (χ4n) is 2.56. The SMILES string of the molecule is CN(C)COC(=O)C(=O)[O-].c1ccc([PH+](c2ccccc2)c2ccccc2)cc1. The highest BCUT2D eigenvalue weighted by Gasteiger charge is 2.24. The van der Waals surface area contributed by atoms with Gasteiger partial charge in [0, 0.05) is 0 Å². The Labute approximate surface area is 172 Å². The topological polar surface area (TPSA) is 69.7 Å². The monoisotopic (exact) mass is 409 g/mol. The van der Waals surface area contributed by atoms with Gasteiger partial charge in [0.2, 0.25) is 0 Å². The van der Waals surface area contributed by atoms with E-state index in [1.807, 2.05) is 0 Å². The van der Waals surface area contributed by atoms with Gasteiger partial charge >= 0.3 is 5.97 Å². The molecule has 0 radical (unpaired) electrons. The van der Waals surface area contributed by atoms with Gasteiger partial charge in [-0.25, -0.2) is 4.79 Å². The molecule has 0 spiro atoms. The summed E-state index contributed by atoms with van der Waals surface area (Å²) < 4.78 is 4.19. The number of ether oxygens (including phenoxy) is 1. The van der Waals surface area contributed by atoms with Gasteiger partial charge in [0.25, 0.3) is 0 Å². The summed E-state index contributed by atoms with van der Waals surface area (Å²) in [4.78, 5) is 21.4. The van der Waals surface area contributed by atoms with Crippen molar-refractivity contribution in [3.05, 3.63) is 91.0 Å². The Morgan fingerprint density at radius 1 is 0.759 bits per heavy atom.